The lowest BCUT2D eigenvalue weighted by molar-refractivity contribution is 0.0600. The molecule has 0 radical (unpaired) electrons. The molecule has 0 atom stereocenters. The Morgan fingerprint density at radius 1 is 1.53 bits per heavy atom. The lowest BCUT2D eigenvalue weighted by Crippen LogP contribution is -2.07. The van der Waals surface area contributed by atoms with Crippen LogP contribution in [0.25, 0.3) is 0 Å². The molecule has 15 heavy (non-hydrogen) atoms. The molecule has 0 bridgehead atoms. The summed E-state index contributed by atoms with van der Waals surface area (Å²) in [5, 5.41) is 3.26. The van der Waals surface area contributed by atoms with Crippen molar-refractivity contribution >= 4 is 11.8 Å². The standard InChI is InChI=1S/C11H14N2O2/c1-7-5-8(11(14)15-2)6-10(12-7)13-9-3-4-9/h5-6,9H,3-4H2,1-2H3,(H,12,13). The fraction of sp³-hybridized carbons (Fsp3) is 0.455. The number of nitrogens with zero attached hydrogens (tertiary/aromatic N) is 1. The van der Waals surface area contributed by atoms with Crippen LogP contribution in [0.1, 0.15) is 28.9 Å². The number of ether oxygens (including phenoxy) is 1. The van der Waals surface area contributed by atoms with Crippen molar-refractivity contribution in [3.05, 3.63) is 23.4 Å². The molecule has 0 aromatic carbocycles. The van der Waals surface area contributed by atoms with Gasteiger partial charge in [0.05, 0.1) is 12.7 Å². The lowest BCUT2D eigenvalue weighted by Gasteiger charge is -2.06. The number of hydrogen-bond donors (Lipinski definition) is 1. The van der Waals surface area contributed by atoms with Gasteiger partial charge in [0.1, 0.15) is 5.82 Å². The van der Waals surface area contributed by atoms with Crippen molar-refractivity contribution in [2.75, 3.05) is 12.4 Å². The maximum absolute atomic E-state index is 11.3. The van der Waals surface area contributed by atoms with Gasteiger partial charge in [-0.3, -0.25) is 0 Å². The highest BCUT2D eigenvalue weighted by molar-refractivity contribution is 5.90. The average molecular weight is 206 g/mol. The molecule has 1 aliphatic rings. The number of methoxy groups -OCH3 is 1. The van der Waals surface area contributed by atoms with Gasteiger partial charge in [0.15, 0.2) is 0 Å². The Kier molecular flexibility index (Phi) is 2.58. The Balaban J connectivity index is 2.22. The summed E-state index contributed by atoms with van der Waals surface area (Å²) in [5.74, 6) is 0.442. The van der Waals surface area contributed by atoms with E-state index in [1.54, 1.807) is 12.1 Å². The van der Waals surface area contributed by atoms with E-state index in [0.29, 0.717) is 11.6 Å². The second-order valence-electron chi connectivity index (χ2n) is 3.79. The SMILES string of the molecule is COC(=O)c1cc(C)nc(NC2CC2)c1. The molecule has 0 unspecified atom stereocenters. The van der Waals surface area contributed by atoms with Gasteiger partial charge in [-0.25, -0.2) is 9.78 Å². The van der Waals surface area contributed by atoms with Crippen LogP contribution in [0.3, 0.4) is 0 Å². The third kappa shape index (κ3) is 2.46. The van der Waals surface area contributed by atoms with Crippen molar-refractivity contribution in [2.45, 2.75) is 25.8 Å². The van der Waals surface area contributed by atoms with Crippen LogP contribution >= 0.6 is 0 Å². The molecule has 1 saturated carbocycles. The average Bonchev–Trinajstić information content (AvgIpc) is 2.99. The van der Waals surface area contributed by atoms with Crippen molar-refractivity contribution in [1.29, 1.82) is 0 Å². The number of nitrogens with one attached hydrogen (secondary N) is 1. The monoisotopic (exact) mass is 206 g/mol. The maximum Gasteiger partial charge on any atom is 0.338 e. The number of anilines is 1. The van der Waals surface area contributed by atoms with Gasteiger partial charge in [0.25, 0.3) is 0 Å². The molecular formula is C11H14N2O2. The van der Waals surface area contributed by atoms with E-state index in [4.69, 9.17) is 0 Å². The van der Waals surface area contributed by atoms with Gasteiger partial charge in [-0.1, -0.05) is 0 Å². The van der Waals surface area contributed by atoms with E-state index >= 15 is 0 Å². The molecule has 0 spiro atoms. The van der Waals surface area contributed by atoms with Gasteiger partial charge < -0.3 is 10.1 Å². The highest BCUT2D eigenvalue weighted by Crippen LogP contribution is 2.24. The van der Waals surface area contributed by atoms with E-state index in [2.05, 4.69) is 15.0 Å². The van der Waals surface area contributed by atoms with Gasteiger partial charge in [0.2, 0.25) is 0 Å². The minimum atomic E-state index is -0.320. The molecule has 4 nitrogen and oxygen atoms in total. The van der Waals surface area contributed by atoms with Crippen molar-refractivity contribution in [3.63, 3.8) is 0 Å². The van der Waals surface area contributed by atoms with Crippen molar-refractivity contribution in [1.82, 2.24) is 4.98 Å². The van der Waals surface area contributed by atoms with E-state index in [1.807, 2.05) is 6.92 Å². The van der Waals surface area contributed by atoms with Crippen LogP contribution in [0.4, 0.5) is 5.82 Å². The summed E-state index contributed by atoms with van der Waals surface area (Å²) in [6.45, 7) is 1.87. The van der Waals surface area contributed by atoms with Crippen molar-refractivity contribution in [2.24, 2.45) is 0 Å². The summed E-state index contributed by atoms with van der Waals surface area (Å²) in [6.07, 6.45) is 2.37. The first-order chi connectivity index (χ1) is 7.19. The van der Waals surface area contributed by atoms with Gasteiger partial charge in [0, 0.05) is 11.7 Å². The second-order valence-corrected chi connectivity index (χ2v) is 3.79. The first-order valence-corrected chi connectivity index (χ1v) is 5.02. The molecule has 0 saturated heterocycles. The highest BCUT2D eigenvalue weighted by atomic mass is 16.5. The van der Waals surface area contributed by atoms with Gasteiger partial charge >= 0.3 is 5.97 Å². The van der Waals surface area contributed by atoms with E-state index in [0.717, 1.165) is 11.5 Å². The summed E-state index contributed by atoms with van der Waals surface area (Å²) < 4.78 is 4.67. The van der Waals surface area contributed by atoms with Gasteiger partial charge in [-0.15, -0.1) is 0 Å². The van der Waals surface area contributed by atoms with Crippen molar-refractivity contribution in [3.8, 4) is 0 Å². The van der Waals surface area contributed by atoms with Crippen LogP contribution in [0.15, 0.2) is 12.1 Å². The Labute approximate surface area is 88.7 Å². The predicted octanol–water partition coefficient (Wildman–Crippen LogP) is 1.75. The molecule has 80 valence electrons. The van der Waals surface area contributed by atoms with Crippen LogP contribution in [-0.2, 0) is 4.74 Å². The van der Waals surface area contributed by atoms with E-state index in [-0.39, 0.29) is 5.97 Å². The fourth-order valence-corrected chi connectivity index (χ4v) is 1.42. The highest BCUT2D eigenvalue weighted by Gasteiger charge is 2.21. The fourth-order valence-electron chi connectivity index (χ4n) is 1.42. The summed E-state index contributed by atoms with van der Waals surface area (Å²) in [6, 6.07) is 3.99. The molecular weight excluding hydrogens is 192 g/mol. The molecule has 1 heterocycles. The van der Waals surface area contributed by atoms with Crippen LogP contribution in [0.2, 0.25) is 0 Å². The van der Waals surface area contributed by atoms with Crippen molar-refractivity contribution < 1.29 is 9.53 Å². The normalized spacial score (nSPS) is 14.8. The molecule has 0 aliphatic heterocycles. The summed E-state index contributed by atoms with van der Waals surface area (Å²) in [5.41, 5.74) is 1.37. The smallest absolute Gasteiger partial charge is 0.338 e. The first-order valence-electron chi connectivity index (χ1n) is 5.02. The molecule has 1 fully saturated rings. The Morgan fingerprint density at radius 2 is 2.27 bits per heavy atom. The first kappa shape index (κ1) is 9.96. The Hall–Kier alpha value is -1.58. The number of pyridine rings is 1. The second kappa shape index (κ2) is 3.88. The number of aromatic nitrogens is 1. The summed E-state index contributed by atoms with van der Waals surface area (Å²) in [4.78, 5) is 15.7. The zero-order valence-corrected chi connectivity index (χ0v) is 8.91. The maximum atomic E-state index is 11.3. The number of esters is 1. The van der Waals surface area contributed by atoms with Crippen LogP contribution in [-0.4, -0.2) is 24.1 Å². The minimum Gasteiger partial charge on any atom is -0.465 e. The summed E-state index contributed by atoms with van der Waals surface area (Å²) >= 11 is 0. The minimum absolute atomic E-state index is 0.320. The predicted molar refractivity (Wildman–Crippen MR) is 57.0 cm³/mol. The molecule has 4 heteroatoms. The third-order valence-corrected chi connectivity index (χ3v) is 2.30. The number of carbonyl (C=O) groups excluding carboxylic acids is 1. The molecule has 1 N–H and O–H groups in total. The van der Waals surface area contributed by atoms with E-state index < -0.39 is 0 Å². The van der Waals surface area contributed by atoms with E-state index in [9.17, 15) is 4.79 Å². The lowest BCUT2D eigenvalue weighted by atomic mass is 10.2. The Bertz CT molecular complexity index is 386. The largest absolute Gasteiger partial charge is 0.465 e. The molecule has 0 amide bonds. The Morgan fingerprint density at radius 3 is 2.87 bits per heavy atom. The van der Waals surface area contributed by atoms with Crippen LogP contribution in [0.5, 0.6) is 0 Å². The zero-order valence-electron chi connectivity index (χ0n) is 8.91. The molecule has 1 aliphatic carbocycles. The van der Waals surface area contributed by atoms with E-state index in [1.165, 1.54) is 20.0 Å². The molecule has 1 aromatic heterocycles. The number of aryl methyl sites for hydroxylation is 1. The number of hydrogen-bond acceptors (Lipinski definition) is 4. The van der Waals surface area contributed by atoms with Crippen LogP contribution < -0.4 is 5.32 Å². The van der Waals surface area contributed by atoms with Crippen LogP contribution in [0, 0.1) is 6.92 Å². The third-order valence-electron chi connectivity index (χ3n) is 2.30. The topological polar surface area (TPSA) is 51.2 Å². The number of rotatable bonds is 3. The molecule has 2 rings (SSSR count). The number of carbonyl (C=O) groups is 1. The quantitative estimate of drug-likeness (QED) is 0.765. The zero-order chi connectivity index (χ0) is 10.8. The molecule has 1 aromatic rings. The summed E-state index contributed by atoms with van der Waals surface area (Å²) in [7, 11) is 1.38. The van der Waals surface area contributed by atoms with Gasteiger partial charge in [-0.2, -0.15) is 0 Å². The van der Waals surface area contributed by atoms with Gasteiger partial charge in [-0.05, 0) is 31.9 Å².